The number of nitrogens with one attached hydrogen (secondary N) is 1. The Labute approximate surface area is 133 Å². The highest BCUT2D eigenvalue weighted by atomic mass is 16.5. The fraction of sp³-hybridized carbons (Fsp3) is 0.222. The highest BCUT2D eigenvalue weighted by molar-refractivity contribution is 5.95. The van der Waals surface area contributed by atoms with E-state index in [9.17, 15) is 14.7 Å². The van der Waals surface area contributed by atoms with Crippen LogP contribution in [0.5, 0.6) is 5.75 Å². The minimum Gasteiger partial charge on any atom is -0.507 e. The molecule has 0 heterocycles. The predicted octanol–water partition coefficient (Wildman–Crippen LogP) is 2.57. The van der Waals surface area contributed by atoms with Crippen LogP contribution < -0.4 is 5.32 Å². The summed E-state index contributed by atoms with van der Waals surface area (Å²) in [5.74, 6) is -1.25. The van der Waals surface area contributed by atoms with Gasteiger partial charge in [0.1, 0.15) is 11.3 Å². The molecule has 1 amide bonds. The molecule has 3 rings (SSSR count). The summed E-state index contributed by atoms with van der Waals surface area (Å²) in [6.45, 7) is 0. The topological polar surface area (TPSA) is 75.6 Å². The largest absolute Gasteiger partial charge is 0.507 e. The van der Waals surface area contributed by atoms with Gasteiger partial charge in [-0.2, -0.15) is 0 Å². The van der Waals surface area contributed by atoms with E-state index in [4.69, 9.17) is 4.74 Å². The number of aromatic hydroxyl groups is 1. The van der Waals surface area contributed by atoms with E-state index in [2.05, 4.69) is 5.32 Å². The molecular weight excluding hydrogens is 294 g/mol. The van der Waals surface area contributed by atoms with Crippen molar-refractivity contribution in [2.45, 2.75) is 25.0 Å². The molecule has 0 aromatic heterocycles. The summed E-state index contributed by atoms with van der Waals surface area (Å²) in [7, 11) is 0. The number of carbonyl (C=O) groups excluding carboxylic acids is 2. The smallest absolute Gasteiger partial charge is 0.343 e. The number of para-hydroxylation sites is 1. The summed E-state index contributed by atoms with van der Waals surface area (Å²) < 4.78 is 5.38. The minimum atomic E-state index is -1.04. The van der Waals surface area contributed by atoms with E-state index in [1.165, 1.54) is 12.1 Å². The Morgan fingerprint density at radius 1 is 1.04 bits per heavy atom. The van der Waals surface area contributed by atoms with Crippen LogP contribution in [0.15, 0.2) is 54.6 Å². The zero-order chi connectivity index (χ0) is 16.2. The lowest BCUT2D eigenvalue weighted by atomic mass is 10.1. The molecule has 2 aromatic rings. The third kappa shape index (κ3) is 3.69. The van der Waals surface area contributed by atoms with Gasteiger partial charge in [0, 0.05) is 11.6 Å². The van der Waals surface area contributed by atoms with E-state index in [0.29, 0.717) is 5.56 Å². The summed E-state index contributed by atoms with van der Waals surface area (Å²) in [4.78, 5) is 24.7. The molecule has 0 spiro atoms. The maximum absolute atomic E-state index is 12.4. The Hall–Kier alpha value is -2.82. The fourth-order valence-corrected chi connectivity index (χ4v) is 2.22. The molecule has 1 aliphatic rings. The molecule has 0 bridgehead atoms. The molecule has 0 aliphatic heterocycles. The first-order valence-corrected chi connectivity index (χ1v) is 7.49. The van der Waals surface area contributed by atoms with Gasteiger partial charge in [-0.1, -0.05) is 42.5 Å². The number of esters is 1. The second-order valence-electron chi connectivity index (χ2n) is 5.50. The first kappa shape index (κ1) is 15.1. The number of benzene rings is 2. The van der Waals surface area contributed by atoms with E-state index in [-0.39, 0.29) is 23.3 Å². The Balaban J connectivity index is 1.82. The van der Waals surface area contributed by atoms with Crippen LogP contribution in [-0.2, 0) is 9.53 Å². The van der Waals surface area contributed by atoms with Crippen molar-refractivity contribution in [1.82, 2.24) is 5.32 Å². The van der Waals surface area contributed by atoms with Crippen molar-refractivity contribution in [3.8, 4) is 5.75 Å². The first-order valence-electron chi connectivity index (χ1n) is 7.49. The van der Waals surface area contributed by atoms with Crippen molar-refractivity contribution in [2.75, 3.05) is 0 Å². The third-order valence-corrected chi connectivity index (χ3v) is 3.61. The lowest BCUT2D eigenvalue weighted by molar-refractivity contribution is -0.130. The molecule has 5 heteroatoms. The van der Waals surface area contributed by atoms with Gasteiger partial charge in [-0.05, 0) is 25.0 Å². The molecule has 118 valence electrons. The molecule has 2 aromatic carbocycles. The zero-order valence-electron chi connectivity index (χ0n) is 12.4. The Kier molecular flexibility index (Phi) is 4.28. The van der Waals surface area contributed by atoms with Gasteiger partial charge in [0.2, 0.25) is 6.10 Å². The number of hydrogen-bond donors (Lipinski definition) is 2. The Morgan fingerprint density at radius 3 is 2.35 bits per heavy atom. The monoisotopic (exact) mass is 311 g/mol. The van der Waals surface area contributed by atoms with Crippen molar-refractivity contribution in [3.05, 3.63) is 65.7 Å². The van der Waals surface area contributed by atoms with Gasteiger partial charge in [-0.15, -0.1) is 0 Å². The second-order valence-corrected chi connectivity index (χ2v) is 5.50. The van der Waals surface area contributed by atoms with Crippen molar-refractivity contribution in [2.24, 2.45) is 0 Å². The summed E-state index contributed by atoms with van der Waals surface area (Å²) in [6.07, 6.45) is 0.852. The maximum atomic E-state index is 12.4. The van der Waals surface area contributed by atoms with E-state index in [1.807, 2.05) is 6.07 Å². The normalized spacial score (nSPS) is 14.8. The van der Waals surface area contributed by atoms with Crippen molar-refractivity contribution in [1.29, 1.82) is 0 Å². The third-order valence-electron chi connectivity index (χ3n) is 3.61. The van der Waals surface area contributed by atoms with Crippen LogP contribution in [0.1, 0.15) is 34.9 Å². The van der Waals surface area contributed by atoms with Gasteiger partial charge >= 0.3 is 5.97 Å². The van der Waals surface area contributed by atoms with Crippen LogP contribution in [-0.4, -0.2) is 23.0 Å². The van der Waals surface area contributed by atoms with Crippen molar-refractivity contribution in [3.63, 3.8) is 0 Å². The SMILES string of the molecule is O=C(O[C@@H](C(=O)NC1CC1)c1ccccc1)c1ccccc1O. The van der Waals surface area contributed by atoms with Crippen LogP contribution in [0.25, 0.3) is 0 Å². The molecule has 1 fully saturated rings. The van der Waals surface area contributed by atoms with Gasteiger partial charge in [0.05, 0.1) is 0 Å². The van der Waals surface area contributed by atoms with Crippen LogP contribution in [0.4, 0.5) is 0 Å². The van der Waals surface area contributed by atoms with Crippen molar-refractivity contribution >= 4 is 11.9 Å². The predicted molar refractivity (Wildman–Crippen MR) is 83.9 cm³/mol. The number of carbonyl (C=O) groups is 2. The molecule has 23 heavy (non-hydrogen) atoms. The number of ether oxygens (including phenoxy) is 1. The molecule has 1 saturated carbocycles. The summed E-state index contributed by atoms with van der Waals surface area (Å²) >= 11 is 0. The summed E-state index contributed by atoms with van der Waals surface area (Å²) in [6, 6.07) is 15.1. The lowest BCUT2D eigenvalue weighted by Crippen LogP contribution is -2.33. The van der Waals surface area contributed by atoms with E-state index in [0.717, 1.165) is 12.8 Å². The molecular formula is C18H17NO4. The molecule has 0 saturated heterocycles. The number of amides is 1. The molecule has 5 nitrogen and oxygen atoms in total. The van der Waals surface area contributed by atoms with Gasteiger partial charge in [-0.3, -0.25) is 4.79 Å². The van der Waals surface area contributed by atoms with Crippen LogP contribution in [0.2, 0.25) is 0 Å². The standard InChI is InChI=1S/C18H17NO4/c20-15-9-5-4-8-14(15)18(22)23-16(12-6-2-1-3-7-12)17(21)19-13-10-11-13/h1-9,13,16,20H,10-11H2,(H,19,21)/t16-/m1/s1. The van der Waals surface area contributed by atoms with Crippen LogP contribution >= 0.6 is 0 Å². The zero-order valence-corrected chi connectivity index (χ0v) is 12.4. The average Bonchev–Trinajstić information content (AvgIpc) is 3.37. The number of hydrogen-bond acceptors (Lipinski definition) is 4. The van der Waals surface area contributed by atoms with E-state index >= 15 is 0 Å². The summed E-state index contributed by atoms with van der Waals surface area (Å²) in [5.41, 5.74) is 0.627. The number of phenolic OH excluding ortho intramolecular Hbond substituents is 1. The number of phenols is 1. The minimum absolute atomic E-state index is 0.0349. The lowest BCUT2D eigenvalue weighted by Gasteiger charge is -2.18. The molecule has 0 radical (unpaired) electrons. The van der Waals surface area contributed by atoms with Gasteiger partial charge in [0.25, 0.3) is 5.91 Å². The van der Waals surface area contributed by atoms with Gasteiger partial charge in [-0.25, -0.2) is 4.79 Å². The van der Waals surface area contributed by atoms with E-state index < -0.39 is 12.1 Å². The first-order chi connectivity index (χ1) is 11.1. The van der Waals surface area contributed by atoms with Crippen LogP contribution in [0.3, 0.4) is 0 Å². The quantitative estimate of drug-likeness (QED) is 0.832. The second kappa shape index (κ2) is 6.52. The molecule has 2 N–H and O–H groups in total. The highest BCUT2D eigenvalue weighted by Crippen LogP contribution is 2.25. The Bertz CT molecular complexity index is 710. The average molecular weight is 311 g/mol. The summed E-state index contributed by atoms with van der Waals surface area (Å²) in [5, 5.41) is 12.6. The van der Waals surface area contributed by atoms with Gasteiger partial charge < -0.3 is 15.2 Å². The van der Waals surface area contributed by atoms with Gasteiger partial charge in [0.15, 0.2) is 0 Å². The van der Waals surface area contributed by atoms with E-state index in [1.54, 1.807) is 36.4 Å². The maximum Gasteiger partial charge on any atom is 0.343 e. The molecule has 0 unspecified atom stereocenters. The van der Waals surface area contributed by atoms with Crippen molar-refractivity contribution < 1.29 is 19.4 Å². The fourth-order valence-electron chi connectivity index (χ4n) is 2.22. The highest BCUT2D eigenvalue weighted by Gasteiger charge is 2.31. The molecule has 1 atom stereocenters. The molecule has 1 aliphatic carbocycles. The Morgan fingerprint density at radius 2 is 1.70 bits per heavy atom. The number of rotatable bonds is 5. The van der Waals surface area contributed by atoms with Crippen LogP contribution in [0, 0.1) is 0 Å².